The molecule has 0 radical (unpaired) electrons. The SMILES string of the molecule is CCc1noc(-c2cn(C3CCN(C(=O)c4ccoc4)CC3)nn2)n1. The summed E-state index contributed by atoms with van der Waals surface area (Å²) in [5.41, 5.74) is 1.16. The van der Waals surface area contributed by atoms with Gasteiger partial charge in [-0.3, -0.25) is 4.79 Å². The van der Waals surface area contributed by atoms with Crippen LogP contribution >= 0.6 is 0 Å². The Morgan fingerprint density at radius 3 is 2.88 bits per heavy atom. The molecule has 25 heavy (non-hydrogen) atoms. The van der Waals surface area contributed by atoms with Crippen LogP contribution in [0.15, 0.2) is 33.7 Å². The molecule has 0 N–H and O–H groups in total. The first-order chi connectivity index (χ1) is 12.2. The zero-order valence-electron chi connectivity index (χ0n) is 13.8. The second-order valence-corrected chi connectivity index (χ2v) is 5.99. The number of hydrogen-bond donors (Lipinski definition) is 0. The number of aryl methyl sites for hydroxylation is 1. The molecule has 0 atom stereocenters. The molecule has 1 aliphatic heterocycles. The van der Waals surface area contributed by atoms with Crippen LogP contribution < -0.4 is 0 Å². The number of furan rings is 1. The lowest BCUT2D eigenvalue weighted by Gasteiger charge is -2.31. The molecule has 3 aromatic rings. The number of hydrogen-bond acceptors (Lipinski definition) is 7. The van der Waals surface area contributed by atoms with E-state index in [1.54, 1.807) is 6.07 Å². The zero-order chi connectivity index (χ0) is 17.2. The maximum absolute atomic E-state index is 12.3. The molecule has 1 amide bonds. The molecule has 1 saturated heterocycles. The summed E-state index contributed by atoms with van der Waals surface area (Å²) in [6, 6.07) is 1.88. The van der Waals surface area contributed by atoms with E-state index in [0.717, 1.165) is 12.8 Å². The van der Waals surface area contributed by atoms with E-state index >= 15 is 0 Å². The van der Waals surface area contributed by atoms with Crippen molar-refractivity contribution in [1.82, 2.24) is 30.0 Å². The number of carbonyl (C=O) groups is 1. The van der Waals surface area contributed by atoms with E-state index in [-0.39, 0.29) is 11.9 Å². The van der Waals surface area contributed by atoms with Gasteiger partial charge < -0.3 is 13.8 Å². The van der Waals surface area contributed by atoms with E-state index in [4.69, 9.17) is 8.94 Å². The lowest BCUT2D eigenvalue weighted by Crippen LogP contribution is -2.39. The van der Waals surface area contributed by atoms with Crippen molar-refractivity contribution in [1.29, 1.82) is 0 Å². The number of nitrogens with zero attached hydrogens (tertiary/aromatic N) is 6. The van der Waals surface area contributed by atoms with Crippen LogP contribution in [0.5, 0.6) is 0 Å². The van der Waals surface area contributed by atoms with Gasteiger partial charge in [-0.2, -0.15) is 4.98 Å². The van der Waals surface area contributed by atoms with Gasteiger partial charge in [-0.25, -0.2) is 4.68 Å². The van der Waals surface area contributed by atoms with Gasteiger partial charge >= 0.3 is 0 Å². The summed E-state index contributed by atoms with van der Waals surface area (Å²) >= 11 is 0. The standard InChI is InChI=1S/C16H18N6O3/c1-2-14-17-15(25-19-14)13-9-22(20-18-13)12-3-6-21(7-4-12)16(23)11-5-8-24-10-11/h5,8-10,12H,2-4,6-7H2,1H3. The monoisotopic (exact) mass is 342 g/mol. The molecule has 130 valence electrons. The second-order valence-electron chi connectivity index (χ2n) is 5.99. The maximum Gasteiger partial charge on any atom is 0.280 e. The highest BCUT2D eigenvalue weighted by Crippen LogP contribution is 2.24. The van der Waals surface area contributed by atoms with Crippen molar-refractivity contribution in [3.05, 3.63) is 36.2 Å². The number of aromatic nitrogens is 5. The van der Waals surface area contributed by atoms with Gasteiger partial charge in [-0.05, 0) is 18.9 Å². The molecule has 0 unspecified atom stereocenters. The van der Waals surface area contributed by atoms with Crippen molar-refractivity contribution in [3.8, 4) is 11.6 Å². The highest BCUT2D eigenvalue weighted by Gasteiger charge is 2.26. The molecule has 9 heteroatoms. The third-order valence-electron chi connectivity index (χ3n) is 4.41. The summed E-state index contributed by atoms with van der Waals surface area (Å²) in [5.74, 6) is 1.04. The second kappa shape index (κ2) is 6.50. The molecule has 3 aromatic heterocycles. The number of rotatable bonds is 4. The van der Waals surface area contributed by atoms with Crippen molar-refractivity contribution in [2.45, 2.75) is 32.2 Å². The van der Waals surface area contributed by atoms with Gasteiger partial charge in [0.2, 0.25) is 0 Å². The molecule has 0 saturated carbocycles. The van der Waals surface area contributed by atoms with Gasteiger partial charge in [0, 0.05) is 19.5 Å². The fourth-order valence-electron chi connectivity index (χ4n) is 2.96. The van der Waals surface area contributed by atoms with E-state index < -0.39 is 0 Å². The number of piperidine rings is 1. The minimum atomic E-state index is 0.00411. The molecule has 0 aromatic carbocycles. The predicted molar refractivity (Wildman–Crippen MR) is 85.6 cm³/mol. The number of likely N-dealkylation sites (tertiary alicyclic amines) is 1. The zero-order valence-corrected chi connectivity index (χ0v) is 13.8. The molecule has 4 heterocycles. The van der Waals surface area contributed by atoms with Crippen molar-refractivity contribution < 1.29 is 13.7 Å². The van der Waals surface area contributed by atoms with E-state index in [9.17, 15) is 4.79 Å². The van der Waals surface area contributed by atoms with Crippen molar-refractivity contribution in [3.63, 3.8) is 0 Å². The van der Waals surface area contributed by atoms with E-state index in [1.165, 1.54) is 12.5 Å². The van der Waals surface area contributed by atoms with Crippen LogP contribution in [0, 0.1) is 0 Å². The quantitative estimate of drug-likeness (QED) is 0.714. The average molecular weight is 342 g/mol. The molecule has 1 fully saturated rings. The van der Waals surface area contributed by atoms with Gasteiger partial charge in [0.15, 0.2) is 11.5 Å². The van der Waals surface area contributed by atoms with E-state index in [0.29, 0.717) is 42.5 Å². The van der Waals surface area contributed by atoms with Crippen LogP contribution in [-0.2, 0) is 6.42 Å². The molecule has 0 spiro atoms. The van der Waals surface area contributed by atoms with Gasteiger partial charge in [0.25, 0.3) is 11.8 Å². The van der Waals surface area contributed by atoms with Crippen LogP contribution in [-0.4, -0.2) is 49.0 Å². The normalized spacial score (nSPS) is 15.6. The van der Waals surface area contributed by atoms with Crippen molar-refractivity contribution in [2.75, 3.05) is 13.1 Å². The van der Waals surface area contributed by atoms with Gasteiger partial charge in [0.05, 0.1) is 24.1 Å². The van der Waals surface area contributed by atoms with Crippen LogP contribution in [0.3, 0.4) is 0 Å². The third-order valence-corrected chi connectivity index (χ3v) is 4.41. The Bertz CT molecular complexity index is 845. The first-order valence-electron chi connectivity index (χ1n) is 8.31. The molecule has 0 bridgehead atoms. The topological polar surface area (TPSA) is 103 Å². The Morgan fingerprint density at radius 1 is 1.36 bits per heavy atom. The fourth-order valence-corrected chi connectivity index (χ4v) is 2.96. The smallest absolute Gasteiger partial charge is 0.280 e. The van der Waals surface area contributed by atoms with E-state index in [1.807, 2.05) is 22.7 Å². The first-order valence-corrected chi connectivity index (χ1v) is 8.31. The van der Waals surface area contributed by atoms with Gasteiger partial charge in [-0.15, -0.1) is 5.10 Å². The summed E-state index contributed by atoms with van der Waals surface area (Å²) in [6.45, 7) is 3.30. The van der Waals surface area contributed by atoms with Gasteiger partial charge in [0.1, 0.15) is 6.26 Å². The highest BCUT2D eigenvalue weighted by molar-refractivity contribution is 5.93. The lowest BCUT2D eigenvalue weighted by atomic mass is 10.0. The summed E-state index contributed by atoms with van der Waals surface area (Å²) in [6.07, 6.45) is 7.16. The molecule has 0 aliphatic carbocycles. The first kappa shape index (κ1) is 15.6. The number of amides is 1. The Morgan fingerprint density at radius 2 is 2.20 bits per heavy atom. The van der Waals surface area contributed by atoms with Crippen molar-refractivity contribution >= 4 is 5.91 Å². The Balaban J connectivity index is 1.40. The van der Waals surface area contributed by atoms with Crippen LogP contribution in [0.1, 0.15) is 42.0 Å². The molecular formula is C16H18N6O3. The highest BCUT2D eigenvalue weighted by atomic mass is 16.5. The third kappa shape index (κ3) is 3.04. The predicted octanol–water partition coefficient (Wildman–Crippen LogP) is 1.96. The molecule has 1 aliphatic rings. The Kier molecular flexibility index (Phi) is 4.04. The Labute approximate surface area is 143 Å². The summed E-state index contributed by atoms with van der Waals surface area (Å²) < 4.78 is 12.0. The molecular weight excluding hydrogens is 324 g/mol. The largest absolute Gasteiger partial charge is 0.472 e. The average Bonchev–Trinajstić information content (AvgIpc) is 3.42. The van der Waals surface area contributed by atoms with Crippen LogP contribution in [0.2, 0.25) is 0 Å². The molecule has 9 nitrogen and oxygen atoms in total. The van der Waals surface area contributed by atoms with Gasteiger partial charge in [-0.1, -0.05) is 17.3 Å². The van der Waals surface area contributed by atoms with Crippen LogP contribution in [0.4, 0.5) is 0 Å². The fraction of sp³-hybridized carbons (Fsp3) is 0.438. The minimum absolute atomic E-state index is 0.00411. The summed E-state index contributed by atoms with van der Waals surface area (Å²) in [5, 5.41) is 12.2. The number of carbonyl (C=O) groups excluding carboxylic acids is 1. The van der Waals surface area contributed by atoms with Crippen molar-refractivity contribution in [2.24, 2.45) is 0 Å². The molecule has 4 rings (SSSR count). The van der Waals surface area contributed by atoms with Crippen LogP contribution in [0.25, 0.3) is 11.6 Å². The summed E-state index contributed by atoms with van der Waals surface area (Å²) in [7, 11) is 0. The lowest BCUT2D eigenvalue weighted by molar-refractivity contribution is 0.0688. The maximum atomic E-state index is 12.3. The Hall–Kier alpha value is -2.97. The minimum Gasteiger partial charge on any atom is -0.472 e. The summed E-state index contributed by atoms with van der Waals surface area (Å²) in [4.78, 5) is 18.4. The van der Waals surface area contributed by atoms with E-state index in [2.05, 4.69) is 20.5 Å².